The first-order chi connectivity index (χ1) is 9.18. The fourth-order valence-electron chi connectivity index (χ4n) is 1.75. The molecule has 114 valence electrons. The van der Waals surface area contributed by atoms with Crippen molar-refractivity contribution in [2.24, 2.45) is 5.92 Å². The first kappa shape index (κ1) is 17.0. The highest BCUT2D eigenvalue weighted by Gasteiger charge is 2.29. The van der Waals surface area contributed by atoms with Crippen molar-refractivity contribution in [3.8, 4) is 0 Å². The smallest absolute Gasteiger partial charge is 0.275 e. The van der Waals surface area contributed by atoms with E-state index in [1.54, 1.807) is 14.0 Å². The fourth-order valence-corrected chi connectivity index (χ4v) is 3.10. The predicted octanol–water partition coefficient (Wildman–Crippen LogP) is 2.02. The Bertz CT molecular complexity index is 581. The molecule has 1 aromatic rings. The molecule has 0 radical (unpaired) electrons. The summed E-state index contributed by atoms with van der Waals surface area (Å²) in [5.74, 6) is 0.00712. The summed E-state index contributed by atoms with van der Waals surface area (Å²) in [7, 11) is 3.02. The standard InChI is InChI=1S/C12H20ClN3O3S/c1-5-9-11(20(13,18)19)10(15-14-9)12(17)16(4)7-6-8(2)3/h8H,5-7H2,1-4H3,(H,14,15). The Kier molecular flexibility index (Phi) is 5.59. The lowest BCUT2D eigenvalue weighted by molar-refractivity contribution is 0.0779. The van der Waals surface area contributed by atoms with E-state index in [4.69, 9.17) is 10.7 Å². The van der Waals surface area contributed by atoms with E-state index in [-0.39, 0.29) is 10.6 Å². The van der Waals surface area contributed by atoms with Crippen molar-refractivity contribution < 1.29 is 13.2 Å². The quantitative estimate of drug-likeness (QED) is 0.812. The molecule has 0 saturated carbocycles. The van der Waals surface area contributed by atoms with Gasteiger partial charge in [-0.2, -0.15) is 5.10 Å². The summed E-state index contributed by atoms with van der Waals surface area (Å²) >= 11 is 0. The van der Waals surface area contributed by atoms with Crippen LogP contribution in [0.1, 0.15) is 43.4 Å². The minimum atomic E-state index is -4.01. The van der Waals surface area contributed by atoms with E-state index in [1.807, 2.05) is 0 Å². The number of amides is 1. The zero-order valence-corrected chi connectivity index (χ0v) is 13.7. The number of aromatic nitrogens is 2. The number of carbonyl (C=O) groups excluding carboxylic acids is 1. The average Bonchev–Trinajstić information content (AvgIpc) is 2.78. The van der Waals surface area contributed by atoms with Crippen LogP contribution in [0.5, 0.6) is 0 Å². The maximum Gasteiger partial charge on any atom is 0.275 e. The van der Waals surface area contributed by atoms with Gasteiger partial charge < -0.3 is 4.90 Å². The van der Waals surface area contributed by atoms with E-state index in [0.717, 1.165) is 6.42 Å². The maximum atomic E-state index is 12.3. The van der Waals surface area contributed by atoms with Crippen LogP contribution < -0.4 is 0 Å². The number of H-pyrrole nitrogens is 1. The zero-order chi connectivity index (χ0) is 15.5. The van der Waals surface area contributed by atoms with Gasteiger partial charge in [0.15, 0.2) is 5.69 Å². The highest BCUT2D eigenvalue weighted by atomic mass is 35.7. The lowest BCUT2D eigenvalue weighted by Gasteiger charge is -2.17. The molecule has 8 heteroatoms. The van der Waals surface area contributed by atoms with Gasteiger partial charge in [0.25, 0.3) is 15.0 Å². The van der Waals surface area contributed by atoms with Gasteiger partial charge in [-0.25, -0.2) is 8.42 Å². The Hall–Kier alpha value is -1.08. The molecule has 0 aliphatic rings. The molecule has 0 unspecified atom stereocenters. The van der Waals surface area contributed by atoms with Crippen LogP contribution in [0.4, 0.5) is 0 Å². The lowest BCUT2D eigenvalue weighted by Crippen LogP contribution is -2.29. The van der Waals surface area contributed by atoms with Gasteiger partial charge in [-0.1, -0.05) is 20.8 Å². The number of aryl methyl sites for hydroxylation is 1. The molecule has 0 fully saturated rings. The molecule has 0 atom stereocenters. The summed E-state index contributed by atoms with van der Waals surface area (Å²) in [4.78, 5) is 13.5. The Morgan fingerprint density at radius 1 is 1.45 bits per heavy atom. The van der Waals surface area contributed by atoms with Crippen molar-refractivity contribution in [1.29, 1.82) is 0 Å². The van der Waals surface area contributed by atoms with Gasteiger partial charge in [-0.3, -0.25) is 9.89 Å². The first-order valence-corrected chi connectivity index (χ1v) is 8.76. The summed E-state index contributed by atoms with van der Waals surface area (Å²) in [6, 6.07) is 0. The number of nitrogens with one attached hydrogen (secondary N) is 1. The second-order valence-corrected chi connectivity index (χ2v) is 7.58. The highest BCUT2D eigenvalue weighted by Crippen LogP contribution is 2.24. The van der Waals surface area contributed by atoms with Crippen molar-refractivity contribution in [1.82, 2.24) is 15.1 Å². The number of nitrogens with zero attached hydrogens (tertiary/aromatic N) is 2. The monoisotopic (exact) mass is 321 g/mol. The topological polar surface area (TPSA) is 83.1 Å². The van der Waals surface area contributed by atoms with Crippen LogP contribution in [0.25, 0.3) is 0 Å². The van der Waals surface area contributed by atoms with Crippen LogP contribution in [0.3, 0.4) is 0 Å². The molecule has 0 saturated heterocycles. The SMILES string of the molecule is CCc1[nH]nc(C(=O)N(C)CCC(C)C)c1S(=O)(=O)Cl. The Labute approximate surface area is 123 Å². The average molecular weight is 322 g/mol. The van der Waals surface area contributed by atoms with Gasteiger partial charge in [-0.15, -0.1) is 0 Å². The van der Waals surface area contributed by atoms with E-state index < -0.39 is 15.0 Å². The molecule has 1 heterocycles. The van der Waals surface area contributed by atoms with Crippen LogP contribution >= 0.6 is 10.7 Å². The lowest BCUT2D eigenvalue weighted by atomic mass is 10.1. The number of carbonyl (C=O) groups is 1. The molecule has 1 rings (SSSR count). The molecule has 1 aromatic heterocycles. The molecular formula is C12H20ClN3O3S. The maximum absolute atomic E-state index is 12.3. The second kappa shape index (κ2) is 6.58. The molecule has 20 heavy (non-hydrogen) atoms. The van der Waals surface area contributed by atoms with E-state index in [9.17, 15) is 13.2 Å². The van der Waals surface area contributed by atoms with Crippen LogP contribution in [-0.4, -0.2) is 43.0 Å². The van der Waals surface area contributed by atoms with Gasteiger partial charge in [-0.05, 0) is 18.8 Å². The van der Waals surface area contributed by atoms with Crippen LogP contribution in [0.2, 0.25) is 0 Å². The van der Waals surface area contributed by atoms with E-state index >= 15 is 0 Å². The Balaban J connectivity index is 3.08. The van der Waals surface area contributed by atoms with Crippen molar-refractivity contribution in [2.45, 2.75) is 38.5 Å². The van der Waals surface area contributed by atoms with Crippen molar-refractivity contribution in [2.75, 3.05) is 13.6 Å². The van der Waals surface area contributed by atoms with Gasteiger partial charge in [0, 0.05) is 24.3 Å². The van der Waals surface area contributed by atoms with Gasteiger partial charge in [0.1, 0.15) is 4.90 Å². The van der Waals surface area contributed by atoms with Crippen molar-refractivity contribution in [3.05, 3.63) is 11.4 Å². The minimum Gasteiger partial charge on any atom is -0.340 e. The van der Waals surface area contributed by atoms with Gasteiger partial charge >= 0.3 is 0 Å². The van der Waals surface area contributed by atoms with Crippen molar-refractivity contribution >= 4 is 25.6 Å². The molecular weight excluding hydrogens is 302 g/mol. The summed E-state index contributed by atoms with van der Waals surface area (Å²) in [6.07, 6.45) is 1.23. The molecule has 0 spiro atoms. The summed E-state index contributed by atoms with van der Waals surface area (Å²) in [5, 5.41) is 6.39. The molecule has 0 bridgehead atoms. The molecule has 0 aliphatic heterocycles. The summed E-state index contributed by atoms with van der Waals surface area (Å²) in [5.41, 5.74) is 0.212. The van der Waals surface area contributed by atoms with Crippen LogP contribution in [0.15, 0.2) is 4.90 Å². The third-order valence-electron chi connectivity index (χ3n) is 2.98. The molecule has 0 aromatic carbocycles. The number of hydrogen-bond donors (Lipinski definition) is 1. The highest BCUT2D eigenvalue weighted by molar-refractivity contribution is 8.13. The van der Waals surface area contributed by atoms with E-state index in [1.165, 1.54) is 4.90 Å². The number of hydrogen-bond acceptors (Lipinski definition) is 4. The molecule has 1 N–H and O–H groups in total. The van der Waals surface area contributed by atoms with Crippen LogP contribution in [0, 0.1) is 5.92 Å². The molecule has 0 aliphatic carbocycles. The molecule has 6 nitrogen and oxygen atoms in total. The summed E-state index contributed by atoms with van der Waals surface area (Å²) < 4.78 is 23.2. The van der Waals surface area contributed by atoms with Crippen LogP contribution in [-0.2, 0) is 15.5 Å². The fraction of sp³-hybridized carbons (Fsp3) is 0.667. The second-order valence-electron chi connectivity index (χ2n) is 5.08. The third-order valence-corrected chi connectivity index (χ3v) is 4.37. The van der Waals surface area contributed by atoms with Gasteiger partial charge in [0.05, 0.1) is 5.69 Å². The number of aromatic amines is 1. The third kappa shape index (κ3) is 3.96. The normalized spacial score (nSPS) is 11.9. The minimum absolute atomic E-state index is 0.136. The first-order valence-electron chi connectivity index (χ1n) is 6.45. The van der Waals surface area contributed by atoms with E-state index in [0.29, 0.717) is 24.6 Å². The van der Waals surface area contributed by atoms with Gasteiger partial charge in [0.2, 0.25) is 0 Å². The van der Waals surface area contributed by atoms with E-state index in [2.05, 4.69) is 24.0 Å². The number of halogens is 1. The molecule has 1 amide bonds. The largest absolute Gasteiger partial charge is 0.340 e. The number of rotatable bonds is 6. The Morgan fingerprint density at radius 3 is 2.50 bits per heavy atom. The Morgan fingerprint density at radius 2 is 2.05 bits per heavy atom. The zero-order valence-electron chi connectivity index (χ0n) is 12.1. The van der Waals surface area contributed by atoms with Crippen molar-refractivity contribution in [3.63, 3.8) is 0 Å². The predicted molar refractivity (Wildman–Crippen MR) is 77.4 cm³/mol. The summed E-state index contributed by atoms with van der Waals surface area (Å²) in [6.45, 7) is 6.40.